The smallest absolute Gasteiger partial charge is 0.338 e. The van der Waals surface area contributed by atoms with Gasteiger partial charge in [0.05, 0.1) is 18.4 Å². The number of hydrogen-bond donors (Lipinski definition) is 2. The molecule has 0 bridgehead atoms. The monoisotopic (exact) mass is 412 g/mol. The van der Waals surface area contributed by atoms with Gasteiger partial charge in [0.1, 0.15) is 5.75 Å². The molecule has 4 rings (SSSR count). The number of halogens is 1. The van der Waals surface area contributed by atoms with Gasteiger partial charge in [-0.15, -0.1) is 0 Å². The van der Waals surface area contributed by atoms with Crippen molar-refractivity contribution in [2.24, 2.45) is 0 Å². The topological polar surface area (TPSA) is 80.4 Å². The molecule has 0 unspecified atom stereocenters. The standard InChI is InChI=1S/C22H21ClN2O4/c1-28-20-9-7-14(23)11-19(20)25-21(26)12-29-22(27)13-6-8-18-16(10-13)15-4-2-3-5-17(15)24-18/h6-11,24H,2-5,12H2,1H3,(H,25,26). The molecule has 3 aromatic rings. The van der Waals surface area contributed by atoms with E-state index in [4.69, 9.17) is 21.1 Å². The van der Waals surface area contributed by atoms with E-state index in [1.165, 1.54) is 24.8 Å². The second kappa shape index (κ2) is 8.17. The van der Waals surface area contributed by atoms with E-state index in [0.29, 0.717) is 22.0 Å². The first-order valence-corrected chi connectivity index (χ1v) is 9.87. The van der Waals surface area contributed by atoms with Crippen LogP contribution in [0, 0.1) is 0 Å². The van der Waals surface area contributed by atoms with E-state index in [1.807, 2.05) is 12.1 Å². The average molecular weight is 413 g/mol. The number of H-pyrrole nitrogens is 1. The van der Waals surface area contributed by atoms with Crippen molar-refractivity contribution in [3.05, 3.63) is 58.2 Å². The summed E-state index contributed by atoms with van der Waals surface area (Å²) in [6, 6.07) is 10.3. The molecule has 7 heteroatoms. The Labute approximate surface area is 173 Å². The van der Waals surface area contributed by atoms with Crippen LogP contribution in [0.3, 0.4) is 0 Å². The summed E-state index contributed by atoms with van der Waals surface area (Å²) in [7, 11) is 1.49. The number of aromatic nitrogens is 1. The molecule has 0 saturated carbocycles. The molecule has 0 radical (unpaired) electrons. The van der Waals surface area contributed by atoms with Crippen molar-refractivity contribution in [3.63, 3.8) is 0 Å². The Morgan fingerprint density at radius 2 is 1.97 bits per heavy atom. The molecule has 2 aromatic carbocycles. The summed E-state index contributed by atoms with van der Waals surface area (Å²) in [4.78, 5) is 28.1. The predicted molar refractivity (Wildman–Crippen MR) is 112 cm³/mol. The number of carbonyl (C=O) groups is 2. The predicted octanol–water partition coefficient (Wildman–Crippen LogP) is 4.50. The quantitative estimate of drug-likeness (QED) is 0.604. The summed E-state index contributed by atoms with van der Waals surface area (Å²) < 4.78 is 10.4. The number of aromatic amines is 1. The maximum absolute atomic E-state index is 12.5. The molecule has 0 saturated heterocycles. The molecule has 0 aliphatic heterocycles. The van der Waals surface area contributed by atoms with E-state index in [1.54, 1.807) is 24.3 Å². The number of rotatable bonds is 5. The summed E-state index contributed by atoms with van der Waals surface area (Å²) >= 11 is 5.96. The summed E-state index contributed by atoms with van der Waals surface area (Å²) in [6.45, 7) is -0.405. The minimum absolute atomic E-state index is 0.405. The van der Waals surface area contributed by atoms with Crippen molar-refractivity contribution in [2.45, 2.75) is 25.7 Å². The first kappa shape index (κ1) is 19.3. The largest absolute Gasteiger partial charge is 0.495 e. The first-order chi connectivity index (χ1) is 14.0. The van der Waals surface area contributed by atoms with Crippen LogP contribution in [0.2, 0.25) is 5.02 Å². The lowest BCUT2D eigenvalue weighted by atomic mass is 9.95. The lowest BCUT2D eigenvalue weighted by molar-refractivity contribution is -0.119. The molecule has 1 aliphatic carbocycles. The van der Waals surface area contributed by atoms with Crippen molar-refractivity contribution < 1.29 is 19.1 Å². The molecule has 0 fully saturated rings. The van der Waals surface area contributed by atoms with Gasteiger partial charge in [0.15, 0.2) is 6.61 Å². The third-order valence-electron chi connectivity index (χ3n) is 5.10. The number of nitrogens with one attached hydrogen (secondary N) is 2. The number of methoxy groups -OCH3 is 1. The van der Waals surface area contributed by atoms with Crippen molar-refractivity contribution in [1.29, 1.82) is 0 Å². The maximum atomic E-state index is 12.5. The summed E-state index contributed by atoms with van der Waals surface area (Å²) in [5.41, 5.74) is 4.41. The van der Waals surface area contributed by atoms with Crippen molar-refractivity contribution in [3.8, 4) is 5.75 Å². The van der Waals surface area contributed by atoms with Crippen molar-refractivity contribution >= 4 is 40.1 Å². The summed E-state index contributed by atoms with van der Waals surface area (Å²) in [6.07, 6.45) is 4.39. The first-order valence-electron chi connectivity index (χ1n) is 9.49. The molecule has 1 heterocycles. The van der Waals surface area contributed by atoms with Crippen LogP contribution in [0.5, 0.6) is 5.75 Å². The Bertz CT molecular complexity index is 1090. The Balaban J connectivity index is 1.43. The molecule has 1 aliphatic rings. The Morgan fingerprint density at radius 3 is 2.79 bits per heavy atom. The number of aryl methyl sites for hydroxylation is 2. The van der Waals surface area contributed by atoms with Crippen molar-refractivity contribution in [2.75, 3.05) is 19.0 Å². The van der Waals surface area contributed by atoms with Crippen LogP contribution < -0.4 is 10.1 Å². The highest BCUT2D eigenvalue weighted by Gasteiger charge is 2.18. The molecule has 150 valence electrons. The van der Waals surface area contributed by atoms with E-state index in [0.717, 1.165) is 30.2 Å². The fraction of sp³-hybridized carbons (Fsp3) is 0.273. The fourth-order valence-corrected chi connectivity index (χ4v) is 3.88. The van der Waals surface area contributed by atoms with Crippen LogP contribution in [0.1, 0.15) is 34.5 Å². The summed E-state index contributed by atoms with van der Waals surface area (Å²) in [5, 5.41) is 4.16. The maximum Gasteiger partial charge on any atom is 0.338 e. The van der Waals surface area contributed by atoms with Gasteiger partial charge in [-0.05, 0) is 67.6 Å². The number of anilines is 1. The van der Waals surface area contributed by atoms with E-state index in [2.05, 4.69) is 10.3 Å². The number of ether oxygens (including phenoxy) is 2. The highest BCUT2D eigenvalue weighted by Crippen LogP contribution is 2.30. The molecular formula is C22H21ClN2O4. The number of amides is 1. The van der Waals surface area contributed by atoms with Gasteiger partial charge in [-0.3, -0.25) is 4.79 Å². The number of esters is 1. The minimum atomic E-state index is -0.536. The third-order valence-corrected chi connectivity index (χ3v) is 5.34. The van der Waals surface area contributed by atoms with Crippen LogP contribution in [0.4, 0.5) is 5.69 Å². The molecule has 6 nitrogen and oxygen atoms in total. The van der Waals surface area contributed by atoms with Gasteiger partial charge in [-0.1, -0.05) is 11.6 Å². The number of benzene rings is 2. The van der Waals surface area contributed by atoms with Crippen molar-refractivity contribution in [1.82, 2.24) is 4.98 Å². The number of hydrogen-bond acceptors (Lipinski definition) is 4. The van der Waals surface area contributed by atoms with E-state index >= 15 is 0 Å². The molecule has 0 atom stereocenters. The lowest BCUT2D eigenvalue weighted by Gasteiger charge is -2.11. The van der Waals surface area contributed by atoms with Crippen LogP contribution in [-0.4, -0.2) is 30.6 Å². The van der Waals surface area contributed by atoms with Gasteiger partial charge >= 0.3 is 5.97 Å². The zero-order valence-corrected chi connectivity index (χ0v) is 16.8. The minimum Gasteiger partial charge on any atom is -0.495 e. The average Bonchev–Trinajstić information content (AvgIpc) is 3.10. The Hall–Kier alpha value is -2.99. The lowest BCUT2D eigenvalue weighted by Crippen LogP contribution is -2.21. The second-order valence-electron chi connectivity index (χ2n) is 7.02. The molecule has 0 spiro atoms. The van der Waals surface area contributed by atoms with Gasteiger partial charge in [0, 0.05) is 21.6 Å². The van der Waals surface area contributed by atoms with Gasteiger partial charge < -0.3 is 19.8 Å². The highest BCUT2D eigenvalue weighted by atomic mass is 35.5. The highest BCUT2D eigenvalue weighted by molar-refractivity contribution is 6.31. The van der Waals surface area contributed by atoms with E-state index in [9.17, 15) is 9.59 Å². The van der Waals surface area contributed by atoms with Crippen LogP contribution >= 0.6 is 11.6 Å². The second-order valence-corrected chi connectivity index (χ2v) is 7.45. The molecular weight excluding hydrogens is 392 g/mol. The van der Waals surface area contributed by atoms with Gasteiger partial charge in [0.25, 0.3) is 5.91 Å². The zero-order valence-electron chi connectivity index (χ0n) is 16.0. The number of fused-ring (bicyclic) bond motifs is 3. The normalized spacial score (nSPS) is 13.0. The molecule has 1 amide bonds. The van der Waals surface area contributed by atoms with Crippen LogP contribution in [0.15, 0.2) is 36.4 Å². The fourth-order valence-electron chi connectivity index (χ4n) is 3.71. The zero-order chi connectivity index (χ0) is 20.4. The number of carbonyl (C=O) groups excluding carboxylic acids is 2. The third kappa shape index (κ3) is 4.07. The van der Waals surface area contributed by atoms with Gasteiger partial charge in [-0.2, -0.15) is 0 Å². The van der Waals surface area contributed by atoms with Crippen LogP contribution in [-0.2, 0) is 22.4 Å². The molecule has 2 N–H and O–H groups in total. The van der Waals surface area contributed by atoms with Gasteiger partial charge in [-0.25, -0.2) is 4.79 Å². The molecule has 1 aromatic heterocycles. The van der Waals surface area contributed by atoms with E-state index < -0.39 is 18.5 Å². The Morgan fingerprint density at radius 1 is 1.14 bits per heavy atom. The van der Waals surface area contributed by atoms with E-state index in [-0.39, 0.29) is 0 Å². The Kier molecular flexibility index (Phi) is 5.45. The molecule has 29 heavy (non-hydrogen) atoms. The summed E-state index contributed by atoms with van der Waals surface area (Å²) in [5.74, 6) is -0.540. The SMILES string of the molecule is COc1ccc(Cl)cc1NC(=O)COC(=O)c1ccc2[nH]c3c(c2c1)CCCC3. The van der Waals surface area contributed by atoms with Gasteiger partial charge in [0.2, 0.25) is 0 Å². The van der Waals surface area contributed by atoms with Crippen LogP contribution in [0.25, 0.3) is 10.9 Å².